The number of hydrogen-bond donors (Lipinski definition) is 0. The van der Waals surface area contributed by atoms with Gasteiger partial charge in [0.2, 0.25) is 10.0 Å². The Morgan fingerprint density at radius 1 is 0.625 bits per heavy atom. The van der Waals surface area contributed by atoms with Crippen molar-refractivity contribution < 1.29 is 8.42 Å². The van der Waals surface area contributed by atoms with Crippen LogP contribution in [0.2, 0.25) is 0 Å². The largest absolute Gasteiger partial charge is 0.352 e. The Labute approximate surface area is 187 Å². The fraction of sp³-hybridized carbons (Fsp3) is 0.167. The van der Waals surface area contributed by atoms with Crippen LogP contribution in [-0.2, 0) is 10.0 Å². The zero-order valence-corrected chi connectivity index (χ0v) is 18.3. The summed E-state index contributed by atoms with van der Waals surface area (Å²) in [6.07, 6.45) is 3.83. The molecule has 5 rings (SSSR count). The second-order valence-corrected chi connectivity index (χ2v) is 9.56. The normalized spacial score (nSPS) is 15.1. The highest BCUT2D eigenvalue weighted by Gasteiger charge is 2.29. The Balaban J connectivity index is 1.25. The van der Waals surface area contributed by atoms with E-state index in [1.807, 2.05) is 83.7 Å². The molecule has 3 heterocycles. The monoisotopic (exact) mass is 445 g/mol. The molecule has 32 heavy (non-hydrogen) atoms. The van der Waals surface area contributed by atoms with E-state index in [1.54, 1.807) is 16.4 Å². The van der Waals surface area contributed by atoms with Crippen LogP contribution in [-0.4, -0.2) is 53.7 Å². The highest BCUT2D eigenvalue weighted by molar-refractivity contribution is 7.89. The predicted octanol–water partition coefficient (Wildman–Crippen LogP) is 3.45. The maximum atomic E-state index is 13.1. The van der Waals surface area contributed by atoms with Crippen molar-refractivity contribution in [1.82, 2.24) is 19.1 Å². The number of aromatic nitrogens is 3. The third-order valence-electron chi connectivity index (χ3n) is 5.67. The molecule has 0 saturated carbocycles. The summed E-state index contributed by atoms with van der Waals surface area (Å²) in [4.78, 5) is 2.39. The molecule has 0 unspecified atom stereocenters. The highest BCUT2D eigenvalue weighted by atomic mass is 32.2. The molecular weight excluding hydrogens is 422 g/mol. The molecule has 0 radical (unpaired) electrons. The van der Waals surface area contributed by atoms with Crippen LogP contribution < -0.4 is 4.90 Å². The maximum Gasteiger partial charge on any atom is 0.243 e. The minimum Gasteiger partial charge on any atom is -0.352 e. The summed E-state index contributed by atoms with van der Waals surface area (Å²) in [5, 5.41) is 8.61. The number of nitrogens with zero attached hydrogens (tertiary/aromatic N) is 5. The molecule has 1 fully saturated rings. The second kappa shape index (κ2) is 8.57. The summed E-state index contributed by atoms with van der Waals surface area (Å²) in [5.41, 5.74) is 2.06. The van der Waals surface area contributed by atoms with Crippen molar-refractivity contribution in [3.63, 3.8) is 0 Å². The molecule has 1 saturated heterocycles. The molecule has 1 aliphatic rings. The van der Waals surface area contributed by atoms with Crippen molar-refractivity contribution in [2.45, 2.75) is 4.90 Å². The van der Waals surface area contributed by atoms with E-state index in [9.17, 15) is 8.42 Å². The fourth-order valence-corrected chi connectivity index (χ4v) is 5.29. The number of sulfonamides is 1. The van der Waals surface area contributed by atoms with Gasteiger partial charge in [-0.15, -0.1) is 10.2 Å². The van der Waals surface area contributed by atoms with Gasteiger partial charge in [0.1, 0.15) is 0 Å². The molecule has 162 valence electrons. The number of anilines is 1. The molecule has 0 spiro atoms. The number of benzene rings is 2. The summed E-state index contributed by atoms with van der Waals surface area (Å²) in [5.74, 6) is 1.50. The van der Waals surface area contributed by atoms with E-state index in [-0.39, 0.29) is 0 Å². The molecule has 0 bridgehead atoms. The summed E-state index contributed by atoms with van der Waals surface area (Å²) in [7, 11) is -3.54. The molecule has 0 aliphatic carbocycles. The lowest BCUT2D eigenvalue weighted by Crippen LogP contribution is -2.49. The van der Waals surface area contributed by atoms with Gasteiger partial charge in [-0.25, -0.2) is 8.42 Å². The van der Waals surface area contributed by atoms with Crippen LogP contribution in [0.3, 0.4) is 0 Å². The van der Waals surface area contributed by atoms with E-state index in [0.717, 1.165) is 22.8 Å². The molecule has 8 heteroatoms. The first kappa shape index (κ1) is 20.4. The Kier molecular flexibility index (Phi) is 5.46. The Morgan fingerprint density at radius 2 is 1.22 bits per heavy atom. The smallest absolute Gasteiger partial charge is 0.243 e. The topological polar surface area (TPSA) is 71.3 Å². The minimum absolute atomic E-state index is 0.321. The quantitative estimate of drug-likeness (QED) is 0.471. The molecule has 1 aliphatic heterocycles. The van der Waals surface area contributed by atoms with E-state index >= 15 is 0 Å². The van der Waals surface area contributed by atoms with Crippen LogP contribution in [0.5, 0.6) is 0 Å². The van der Waals surface area contributed by atoms with E-state index < -0.39 is 10.0 Å². The maximum absolute atomic E-state index is 13.1. The third-order valence-corrected chi connectivity index (χ3v) is 7.58. The van der Waals surface area contributed by atoms with E-state index in [2.05, 4.69) is 15.1 Å². The first-order chi connectivity index (χ1) is 15.6. The van der Waals surface area contributed by atoms with E-state index in [4.69, 9.17) is 0 Å². The molecular formula is C24H23N5O2S. The molecule has 0 N–H and O–H groups in total. The zero-order chi connectivity index (χ0) is 22.0. The van der Waals surface area contributed by atoms with E-state index in [0.29, 0.717) is 31.1 Å². The van der Waals surface area contributed by atoms with Crippen LogP contribution in [0.1, 0.15) is 0 Å². The first-order valence-corrected chi connectivity index (χ1v) is 11.9. The Morgan fingerprint density at radius 3 is 1.84 bits per heavy atom. The van der Waals surface area contributed by atoms with Crippen molar-refractivity contribution in [3.05, 3.63) is 91.3 Å². The van der Waals surface area contributed by atoms with Gasteiger partial charge in [0.05, 0.1) is 4.90 Å². The van der Waals surface area contributed by atoms with Crippen molar-refractivity contribution in [2.24, 2.45) is 0 Å². The minimum atomic E-state index is -3.54. The number of rotatable bonds is 5. The van der Waals surface area contributed by atoms with Crippen LogP contribution >= 0.6 is 0 Å². The van der Waals surface area contributed by atoms with Crippen LogP contribution in [0.15, 0.2) is 96.2 Å². The summed E-state index contributed by atoms with van der Waals surface area (Å²) >= 11 is 0. The first-order valence-electron chi connectivity index (χ1n) is 10.5. The standard InChI is InChI=1S/C24H23N5O2S/c30-32(31,22-10-8-21(9-11-22)20-6-2-1-3-7-20)29-18-16-28(17-19-29)24-13-12-23(25-26-24)27-14-4-5-15-27/h1-15H,16-19H2. The van der Waals surface area contributed by atoms with Gasteiger partial charge >= 0.3 is 0 Å². The SMILES string of the molecule is O=S(=O)(c1ccc(-c2ccccc2)cc1)N1CCN(c2ccc(-n3cccc3)nn2)CC1. The van der Waals surface area contributed by atoms with Gasteiger partial charge in [0.25, 0.3) is 0 Å². The van der Waals surface area contributed by atoms with Gasteiger partial charge < -0.3 is 9.47 Å². The molecule has 4 aromatic rings. The van der Waals surface area contributed by atoms with Gasteiger partial charge in [0.15, 0.2) is 11.6 Å². The van der Waals surface area contributed by atoms with E-state index in [1.165, 1.54) is 0 Å². The van der Waals surface area contributed by atoms with Gasteiger partial charge in [-0.1, -0.05) is 42.5 Å². The summed E-state index contributed by atoms with van der Waals surface area (Å²) in [6.45, 7) is 1.95. The fourth-order valence-electron chi connectivity index (χ4n) is 3.87. The molecule has 0 amide bonds. The summed E-state index contributed by atoms with van der Waals surface area (Å²) in [6, 6.07) is 24.7. The number of hydrogen-bond acceptors (Lipinski definition) is 5. The van der Waals surface area contributed by atoms with Crippen molar-refractivity contribution >= 4 is 15.8 Å². The highest BCUT2D eigenvalue weighted by Crippen LogP contribution is 2.24. The lowest BCUT2D eigenvalue weighted by molar-refractivity contribution is 0.383. The average molecular weight is 446 g/mol. The van der Waals surface area contributed by atoms with Crippen LogP contribution in [0.25, 0.3) is 16.9 Å². The lowest BCUT2D eigenvalue weighted by Gasteiger charge is -2.34. The average Bonchev–Trinajstić information content (AvgIpc) is 3.40. The van der Waals surface area contributed by atoms with Gasteiger partial charge in [0, 0.05) is 38.6 Å². The van der Waals surface area contributed by atoms with Gasteiger partial charge in [-0.3, -0.25) is 0 Å². The third kappa shape index (κ3) is 4.02. The zero-order valence-electron chi connectivity index (χ0n) is 17.4. The molecule has 0 atom stereocenters. The van der Waals surface area contributed by atoms with Crippen molar-refractivity contribution in [2.75, 3.05) is 31.1 Å². The van der Waals surface area contributed by atoms with Gasteiger partial charge in [-0.05, 0) is 47.5 Å². The second-order valence-electron chi connectivity index (χ2n) is 7.62. The predicted molar refractivity (Wildman–Crippen MR) is 124 cm³/mol. The summed E-state index contributed by atoms with van der Waals surface area (Å²) < 4.78 is 29.7. The van der Waals surface area contributed by atoms with Crippen LogP contribution in [0, 0.1) is 0 Å². The van der Waals surface area contributed by atoms with Crippen molar-refractivity contribution in [1.29, 1.82) is 0 Å². The Hall–Kier alpha value is -3.49. The Bertz CT molecular complexity index is 1260. The lowest BCUT2D eigenvalue weighted by atomic mass is 10.1. The van der Waals surface area contributed by atoms with Crippen molar-refractivity contribution in [3.8, 4) is 16.9 Å². The molecule has 2 aromatic carbocycles. The molecule has 7 nitrogen and oxygen atoms in total. The van der Waals surface area contributed by atoms with Crippen LogP contribution in [0.4, 0.5) is 5.82 Å². The number of piperazine rings is 1. The van der Waals surface area contributed by atoms with Gasteiger partial charge in [-0.2, -0.15) is 4.31 Å². The molecule has 2 aromatic heterocycles.